The minimum Gasteiger partial charge on any atom is -0.493 e. The van der Waals surface area contributed by atoms with Crippen molar-refractivity contribution in [3.8, 4) is 5.75 Å². The quantitative estimate of drug-likeness (QED) is 0.595. The van der Waals surface area contributed by atoms with Crippen molar-refractivity contribution in [3.05, 3.63) is 78.4 Å². The average molecular weight is 319 g/mol. The summed E-state index contributed by atoms with van der Waals surface area (Å²) in [5.41, 5.74) is 16.0. The normalized spacial score (nSPS) is 10.3. The molecule has 0 aliphatic heterocycles. The molecule has 0 radical (unpaired) electrons. The Morgan fingerprint density at radius 1 is 0.833 bits per heavy atom. The van der Waals surface area contributed by atoms with Crippen LogP contribution in [0.15, 0.2) is 72.8 Å². The van der Waals surface area contributed by atoms with Crippen molar-refractivity contribution in [1.82, 2.24) is 0 Å². The second-order valence-electron chi connectivity index (χ2n) is 5.58. The fraction of sp³-hybridized carbons (Fsp3) is 0.100. The van der Waals surface area contributed by atoms with Crippen LogP contribution in [0.5, 0.6) is 5.75 Å². The first kappa shape index (κ1) is 15.7. The van der Waals surface area contributed by atoms with E-state index in [-0.39, 0.29) is 0 Å². The maximum absolute atomic E-state index is 5.98. The first-order valence-electron chi connectivity index (χ1n) is 7.89. The highest BCUT2D eigenvalue weighted by Crippen LogP contribution is 2.27. The average Bonchev–Trinajstić information content (AvgIpc) is 2.59. The van der Waals surface area contributed by atoms with Crippen molar-refractivity contribution in [2.24, 2.45) is 0 Å². The molecule has 0 unspecified atom stereocenters. The Balaban J connectivity index is 1.61. The van der Waals surface area contributed by atoms with Crippen molar-refractivity contribution in [2.75, 3.05) is 23.4 Å². The van der Waals surface area contributed by atoms with E-state index in [1.54, 1.807) is 6.07 Å². The van der Waals surface area contributed by atoms with Crippen LogP contribution in [-0.4, -0.2) is 6.61 Å². The second-order valence-corrected chi connectivity index (χ2v) is 5.58. The summed E-state index contributed by atoms with van der Waals surface area (Å²) in [4.78, 5) is 0. The van der Waals surface area contributed by atoms with Crippen LogP contribution < -0.4 is 21.5 Å². The predicted molar refractivity (Wildman–Crippen MR) is 101 cm³/mol. The van der Waals surface area contributed by atoms with Crippen LogP contribution in [0, 0.1) is 0 Å². The van der Waals surface area contributed by atoms with Gasteiger partial charge in [-0.25, -0.2) is 0 Å². The van der Waals surface area contributed by atoms with Gasteiger partial charge in [0.15, 0.2) is 0 Å². The molecule has 0 aliphatic carbocycles. The Bertz CT molecular complexity index is 803. The van der Waals surface area contributed by atoms with Crippen LogP contribution >= 0.6 is 0 Å². The molecular formula is C20H21N3O. The zero-order chi connectivity index (χ0) is 16.8. The number of nitrogens with two attached hydrogens (primary N) is 2. The molecule has 0 fully saturated rings. The predicted octanol–water partition coefficient (Wildman–Crippen LogP) is 4.22. The topological polar surface area (TPSA) is 73.3 Å². The molecule has 3 rings (SSSR count). The molecule has 0 spiro atoms. The van der Waals surface area contributed by atoms with E-state index in [1.165, 1.54) is 5.56 Å². The van der Waals surface area contributed by atoms with Crippen LogP contribution in [0.1, 0.15) is 5.56 Å². The zero-order valence-corrected chi connectivity index (χ0v) is 13.4. The maximum atomic E-state index is 5.98. The van der Waals surface area contributed by atoms with Gasteiger partial charge < -0.3 is 21.5 Å². The molecule has 0 bridgehead atoms. The van der Waals surface area contributed by atoms with E-state index in [9.17, 15) is 0 Å². The van der Waals surface area contributed by atoms with Crippen LogP contribution in [0.25, 0.3) is 0 Å². The Morgan fingerprint density at radius 2 is 1.67 bits per heavy atom. The maximum Gasteiger partial charge on any atom is 0.121 e. The SMILES string of the molecule is Nc1ccc(Nc2cccc(OCCc3ccccc3)c2)c(N)c1. The van der Waals surface area contributed by atoms with Gasteiger partial charge in [-0.1, -0.05) is 36.4 Å². The molecule has 3 aromatic rings. The van der Waals surface area contributed by atoms with Gasteiger partial charge >= 0.3 is 0 Å². The minimum absolute atomic E-state index is 0.616. The summed E-state index contributed by atoms with van der Waals surface area (Å²) in [5, 5.41) is 3.29. The monoisotopic (exact) mass is 319 g/mol. The lowest BCUT2D eigenvalue weighted by Gasteiger charge is -2.12. The lowest BCUT2D eigenvalue weighted by atomic mass is 10.2. The highest BCUT2D eigenvalue weighted by atomic mass is 16.5. The second kappa shape index (κ2) is 7.42. The summed E-state index contributed by atoms with van der Waals surface area (Å²) in [5.74, 6) is 0.824. The van der Waals surface area contributed by atoms with Crippen LogP contribution in [-0.2, 0) is 6.42 Å². The number of nitrogens with one attached hydrogen (secondary N) is 1. The standard InChI is InChI=1S/C20H21N3O/c21-16-9-10-20(19(22)13-16)23-17-7-4-8-18(14-17)24-12-11-15-5-2-1-3-6-15/h1-10,13-14,23H,11-12,21-22H2. The molecule has 0 amide bonds. The molecule has 0 aliphatic rings. The van der Waals surface area contributed by atoms with Gasteiger partial charge in [-0.15, -0.1) is 0 Å². The summed E-state index contributed by atoms with van der Waals surface area (Å²) in [6, 6.07) is 23.6. The number of benzene rings is 3. The van der Waals surface area contributed by atoms with Crippen LogP contribution in [0.2, 0.25) is 0 Å². The summed E-state index contributed by atoms with van der Waals surface area (Å²) >= 11 is 0. The number of hydrogen-bond acceptors (Lipinski definition) is 4. The molecule has 24 heavy (non-hydrogen) atoms. The third-order valence-electron chi connectivity index (χ3n) is 3.69. The van der Waals surface area contributed by atoms with Gasteiger partial charge in [-0.2, -0.15) is 0 Å². The van der Waals surface area contributed by atoms with Crippen molar-refractivity contribution in [2.45, 2.75) is 6.42 Å². The first-order valence-corrected chi connectivity index (χ1v) is 7.89. The molecule has 0 atom stereocenters. The Hall–Kier alpha value is -3.14. The highest BCUT2D eigenvalue weighted by molar-refractivity contribution is 5.75. The molecule has 0 saturated heterocycles. The Labute approximate surface area is 142 Å². The van der Waals surface area contributed by atoms with E-state index >= 15 is 0 Å². The third kappa shape index (κ3) is 4.20. The number of rotatable bonds is 6. The number of nitrogen functional groups attached to an aromatic ring is 2. The van der Waals surface area contributed by atoms with Crippen LogP contribution in [0.4, 0.5) is 22.7 Å². The van der Waals surface area contributed by atoms with E-state index < -0.39 is 0 Å². The van der Waals surface area contributed by atoms with E-state index in [2.05, 4.69) is 17.4 Å². The highest BCUT2D eigenvalue weighted by Gasteiger charge is 2.02. The van der Waals surface area contributed by atoms with Gasteiger partial charge in [0.2, 0.25) is 0 Å². The van der Waals surface area contributed by atoms with Gasteiger partial charge in [0, 0.05) is 23.9 Å². The molecule has 4 heteroatoms. The van der Waals surface area contributed by atoms with E-state index in [4.69, 9.17) is 16.2 Å². The summed E-state index contributed by atoms with van der Waals surface area (Å²) in [7, 11) is 0. The van der Waals surface area contributed by atoms with Crippen molar-refractivity contribution in [3.63, 3.8) is 0 Å². The summed E-state index contributed by atoms with van der Waals surface area (Å²) in [6.45, 7) is 0.636. The lowest BCUT2D eigenvalue weighted by molar-refractivity contribution is 0.322. The minimum atomic E-state index is 0.616. The number of anilines is 4. The Kier molecular flexibility index (Phi) is 4.87. The number of ether oxygens (including phenoxy) is 1. The van der Waals surface area contributed by atoms with E-state index in [1.807, 2.05) is 54.6 Å². The molecule has 0 heterocycles. The van der Waals surface area contributed by atoms with Gasteiger partial charge in [0.1, 0.15) is 5.75 Å². The smallest absolute Gasteiger partial charge is 0.121 e. The van der Waals surface area contributed by atoms with Gasteiger partial charge in [-0.05, 0) is 35.9 Å². The van der Waals surface area contributed by atoms with Gasteiger partial charge in [-0.3, -0.25) is 0 Å². The fourth-order valence-electron chi connectivity index (χ4n) is 2.45. The zero-order valence-electron chi connectivity index (χ0n) is 13.4. The van der Waals surface area contributed by atoms with Crippen molar-refractivity contribution in [1.29, 1.82) is 0 Å². The largest absolute Gasteiger partial charge is 0.493 e. The van der Waals surface area contributed by atoms with E-state index in [0.717, 1.165) is 23.5 Å². The summed E-state index contributed by atoms with van der Waals surface area (Å²) < 4.78 is 5.85. The molecular weight excluding hydrogens is 298 g/mol. The third-order valence-corrected chi connectivity index (χ3v) is 3.69. The van der Waals surface area contributed by atoms with Crippen molar-refractivity contribution < 1.29 is 4.74 Å². The molecule has 0 aromatic heterocycles. The molecule has 5 N–H and O–H groups in total. The van der Waals surface area contributed by atoms with Gasteiger partial charge in [0.05, 0.1) is 18.0 Å². The number of hydrogen-bond donors (Lipinski definition) is 3. The van der Waals surface area contributed by atoms with E-state index in [0.29, 0.717) is 18.0 Å². The van der Waals surface area contributed by atoms with Crippen molar-refractivity contribution >= 4 is 22.7 Å². The fourth-order valence-corrected chi connectivity index (χ4v) is 2.45. The Morgan fingerprint density at radius 3 is 2.46 bits per heavy atom. The first-order chi connectivity index (χ1) is 11.7. The molecule has 0 saturated carbocycles. The summed E-state index contributed by atoms with van der Waals surface area (Å²) in [6.07, 6.45) is 0.878. The van der Waals surface area contributed by atoms with Crippen LogP contribution in [0.3, 0.4) is 0 Å². The molecule has 122 valence electrons. The lowest BCUT2D eigenvalue weighted by Crippen LogP contribution is -2.02. The molecule has 4 nitrogen and oxygen atoms in total. The molecule has 3 aromatic carbocycles. The van der Waals surface area contributed by atoms with Gasteiger partial charge in [0.25, 0.3) is 0 Å².